The third kappa shape index (κ3) is 1.32. The fourth-order valence-electron chi connectivity index (χ4n) is 0.643. The average Bonchev–Trinajstić information content (AvgIpc) is 2.33. The van der Waals surface area contributed by atoms with Gasteiger partial charge in [-0.2, -0.15) is 0 Å². The van der Waals surface area contributed by atoms with Crippen molar-refractivity contribution in [2.45, 2.75) is 4.55 Å². The summed E-state index contributed by atoms with van der Waals surface area (Å²) in [5.74, 6) is 0. The number of carbonyl (C=O) groups is 1. The minimum Gasteiger partial charge on any atom is -0.336 e. The van der Waals surface area contributed by atoms with Gasteiger partial charge in [-0.1, -0.05) is 22.6 Å². The number of halogens is 1. The van der Waals surface area contributed by atoms with E-state index in [0.717, 1.165) is 16.5 Å². The van der Waals surface area contributed by atoms with E-state index in [1.165, 1.54) is 0 Å². The molecular formula is C6H6INO. The lowest BCUT2D eigenvalue weighted by molar-refractivity contribution is 0.111. The highest BCUT2D eigenvalue weighted by Gasteiger charge is 1.93. The first kappa shape index (κ1) is 6.80. The van der Waals surface area contributed by atoms with Gasteiger partial charge in [0.25, 0.3) is 0 Å². The van der Waals surface area contributed by atoms with Crippen LogP contribution in [0.25, 0.3) is 0 Å². The maximum atomic E-state index is 10.2. The van der Waals surface area contributed by atoms with E-state index in [0.29, 0.717) is 0 Å². The van der Waals surface area contributed by atoms with Crippen molar-refractivity contribution in [2.24, 2.45) is 0 Å². The highest BCUT2D eigenvalue weighted by molar-refractivity contribution is 14.1. The van der Waals surface area contributed by atoms with E-state index >= 15 is 0 Å². The van der Waals surface area contributed by atoms with Crippen LogP contribution in [0.3, 0.4) is 0 Å². The van der Waals surface area contributed by atoms with Crippen molar-refractivity contribution in [3.8, 4) is 0 Å². The van der Waals surface area contributed by atoms with Crippen molar-refractivity contribution >= 4 is 28.9 Å². The summed E-state index contributed by atoms with van der Waals surface area (Å²) in [6, 6.07) is 3.66. The second kappa shape index (κ2) is 3.00. The number of rotatable bonds is 2. The van der Waals surface area contributed by atoms with Gasteiger partial charge in [-0.15, -0.1) is 0 Å². The molecule has 3 heteroatoms. The number of hydrogen-bond donors (Lipinski definition) is 0. The number of aromatic nitrogens is 1. The largest absolute Gasteiger partial charge is 0.336 e. The van der Waals surface area contributed by atoms with Crippen LogP contribution in [0.4, 0.5) is 0 Å². The fourth-order valence-corrected chi connectivity index (χ4v) is 1.26. The van der Waals surface area contributed by atoms with Crippen molar-refractivity contribution in [3.05, 3.63) is 24.0 Å². The number of alkyl halides is 1. The molecule has 0 aliphatic carbocycles. The summed E-state index contributed by atoms with van der Waals surface area (Å²) in [6.07, 6.45) is 2.74. The lowest BCUT2D eigenvalue weighted by Gasteiger charge is -1.95. The van der Waals surface area contributed by atoms with Gasteiger partial charge in [0.05, 0.1) is 10.2 Å². The van der Waals surface area contributed by atoms with Gasteiger partial charge in [0.1, 0.15) is 0 Å². The molecule has 0 spiro atoms. The topological polar surface area (TPSA) is 22.0 Å². The van der Waals surface area contributed by atoms with E-state index in [1.54, 1.807) is 6.07 Å². The molecule has 0 radical (unpaired) electrons. The van der Waals surface area contributed by atoms with Crippen LogP contribution in [0.2, 0.25) is 0 Å². The molecule has 9 heavy (non-hydrogen) atoms. The summed E-state index contributed by atoms with van der Waals surface area (Å²) < 4.78 is 2.71. The van der Waals surface area contributed by atoms with Crippen LogP contribution in [0, 0.1) is 0 Å². The molecule has 0 aliphatic rings. The fraction of sp³-hybridized carbons (Fsp3) is 0.167. The molecule has 0 fully saturated rings. The van der Waals surface area contributed by atoms with Crippen LogP contribution >= 0.6 is 22.6 Å². The van der Waals surface area contributed by atoms with Crippen LogP contribution in [-0.2, 0) is 4.55 Å². The van der Waals surface area contributed by atoms with Gasteiger partial charge in [-0.3, -0.25) is 4.79 Å². The lowest BCUT2D eigenvalue weighted by Crippen LogP contribution is -1.94. The first-order valence-electron chi connectivity index (χ1n) is 2.55. The third-order valence-corrected chi connectivity index (χ3v) is 1.85. The van der Waals surface area contributed by atoms with Crippen LogP contribution in [0.1, 0.15) is 10.5 Å². The maximum Gasteiger partial charge on any atom is 0.166 e. The number of hydrogen-bond acceptors (Lipinski definition) is 1. The van der Waals surface area contributed by atoms with Gasteiger partial charge in [0, 0.05) is 6.20 Å². The first-order chi connectivity index (χ1) is 4.38. The zero-order valence-electron chi connectivity index (χ0n) is 4.75. The Morgan fingerprint density at radius 2 is 2.56 bits per heavy atom. The minimum atomic E-state index is 0.740. The van der Waals surface area contributed by atoms with Crippen molar-refractivity contribution in [3.63, 3.8) is 0 Å². The Morgan fingerprint density at radius 3 is 3.00 bits per heavy atom. The van der Waals surface area contributed by atoms with E-state index in [-0.39, 0.29) is 0 Å². The van der Waals surface area contributed by atoms with Crippen LogP contribution in [-0.4, -0.2) is 10.9 Å². The second-order valence-electron chi connectivity index (χ2n) is 1.64. The normalized spacial score (nSPS) is 9.44. The quantitative estimate of drug-likeness (QED) is 0.434. The Morgan fingerprint density at radius 1 is 1.78 bits per heavy atom. The first-order valence-corrected chi connectivity index (χ1v) is 4.07. The lowest BCUT2D eigenvalue weighted by atomic mass is 10.5. The molecule has 0 unspecified atom stereocenters. The Bertz CT molecular complexity index is 207. The smallest absolute Gasteiger partial charge is 0.166 e. The Hall–Kier alpha value is -0.320. The molecule has 0 aromatic carbocycles. The van der Waals surface area contributed by atoms with Gasteiger partial charge in [0.2, 0.25) is 0 Å². The summed E-state index contributed by atoms with van der Waals surface area (Å²) in [5, 5.41) is 0. The SMILES string of the molecule is O=Cc1cccn1CI. The van der Waals surface area contributed by atoms with Crippen molar-refractivity contribution < 1.29 is 4.79 Å². The molecule has 0 saturated carbocycles. The Labute approximate surface area is 67.0 Å². The summed E-state index contributed by atoms with van der Waals surface area (Å²) >= 11 is 2.20. The Balaban J connectivity index is 2.98. The zero-order chi connectivity index (χ0) is 6.69. The summed E-state index contributed by atoms with van der Waals surface area (Å²) in [7, 11) is 0. The van der Waals surface area contributed by atoms with Crippen molar-refractivity contribution in [2.75, 3.05) is 0 Å². The van der Waals surface area contributed by atoms with Gasteiger partial charge in [-0.05, 0) is 12.1 Å². The monoisotopic (exact) mass is 235 g/mol. The van der Waals surface area contributed by atoms with E-state index in [4.69, 9.17) is 0 Å². The van der Waals surface area contributed by atoms with Gasteiger partial charge >= 0.3 is 0 Å². The molecule has 0 bridgehead atoms. The number of carbonyl (C=O) groups excluding carboxylic acids is 1. The summed E-state index contributed by atoms with van der Waals surface area (Å²) in [4.78, 5) is 10.2. The van der Waals surface area contributed by atoms with Crippen LogP contribution in [0.15, 0.2) is 18.3 Å². The van der Waals surface area contributed by atoms with Gasteiger partial charge in [-0.25, -0.2) is 0 Å². The second-order valence-corrected chi connectivity index (χ2v) is 2.32. The molecule has 1 heterocycles. The molecule has 1 rings (SSSR count). The van der Waals surface area contributed by atoms with Crippen molar-refractivity contribution in [1.29, 1.82) is 0 Å². The third-order valence-electron chi connectivity index (χ3n) is 1.11. The van der Waals surface area contributed by atoms with Crippen LogP contribution < -0.4 is 0 Å². The van der Waals surface area contributed by atoms with Gasteiger partial charge in [0.15, 0.2) is 6.29 Å². The highest BCUT2D eigenvalue weighted by atomic mass is 127. The molecular weight excluding hydrogens is 229 g/mol. The number of nitrogens with zero attached hydrogens (tertiary/aromatic N) is 1. The molecule has 2 nitrogen and oxygen atoms in total. The highest BCUT2D eigenvalue weighted by Crippen LogP contribution is 2.01. The standard InChI is InChI=1S/C6H6INO/c7-5-8-3-1-2-6(8)4-9/h1-4H,5H2. The number of aldehydes is 1. The van der Waals surface area contributed by atoms with Crippen LogP contribution in [0.5, 0.6) is 0 Å². The summed E-state index contributed by atoms with van der Waals surface area (Å²) in [5.41, 5.74) is 0.740. The van der Waals surface area contributed by atoms with Gasteiger partial charge < -0.3 is 4.57 Å². The molecule has 0 aliphatic heterocycles. The van der Waals surface area contributed by atoms with E-state index < -0.39 is 0 Å². The Kier molecular flexibility index (Phi) is 2.27. The molecule has 48 valence electrons. The molecule has 1 aromatic rings. The average molecular weight is 235 g/mol. The molecule has 0 amide bonds. The molecule has 0 saturated heterocycles. The maximum absolute atomic E-state index is 10.2. The van der Waals surface area contributed by atoms with E-state index in [9.17, 15) is 4.79 Å². The van der Waals surface area contributed by atoms with E-state index in [2.05, 4.69) is 22.6 Å². The molecule has 0 atom stereocenters. The molecule has 1 aromatic heterocycles. The van der Waals surface area contributed by atoms with Crippen molar-refractivity contribution in [1.82, 2.24) is 4.57 Å². The summed E-state index contributed by atoms with van der Waals surface area (Å²) in [6.45, 7) is 0. The predicted octanol–water partition coefficient (Wildman–Crippen LogP) is 1.69. The molecule has 0 N–H and O–H groups in total. The minimum absolute atomic E-state index is 0.740. The predicted molar refractivity (Wildman–Crippen MR) is 43.8 cm³/mol. The van der Waals surface area contributed by atoms with E-state index in [1.807, 2.05) is 16.8 Å². The zero-order valence-corrected chi connectivity index (χ0v) is 6.91.